The highest BCUT2D eigenvalue weighted by Crippen LogP contribution is 2.20. The average molecular weight is 283 g/mol. The molecule has 2 N–H and O–H groups in total. The van der Waals surface area contributed by atoms with E-state index in [2.05, 4.69) is 22.5 Å². The highest BCUT2D eigenvalue weighted by atomic mass is 32.2. The summed E-state index contributed by atoms with van der Waals surface area (Å²) in [6.07, 6.45) is 5.38. The summed E-state index contributed by atoms with van der Waals surface area (Å²) in [5, 5.41) is 6.55. The number of hydrogen-bond acceptors (Lipinski definition) is 5. The van der Waals surface area contributed by atoms with Gasteiger partial charge in [-0.2, -0.15) is 0 Å². The van der Waals surface area contributed by atoms with Crippen molar-refractivity contribution in [3.8, 4) is 0 Å². The van der Waals surface area contributed by atoms with Gasteiger partial charge in [0.2, 0.25) is 0 Å². The smallest absolute Gasteiger partial charge is 0.150 e. The van der Waals surface area contributed by atoms with Crippen molar-refractivity contribution in [3.05, 3.63) is 18.5 Å². The van der Waals surface area contributed by atoms with E-state index >= 15 is 0 Å². The zero-order valence-corrected chi connectivity index (χ0v) is 12.0. The summed E-state index contributed by atoms with van der Waals surface area (Å²) in [4.78, 5) is 4.17. The first-order chi connectivity index (χ1) is 9.09. The highest BCUT2D eigenvalue weighted by Gasteiger charge is 2.27. The molecule has 0 aliphatic carbocycles. The molecular formula is C13H21N3O2S. The summed E-state index contributed by atoms with van der Waals surface area (Å²) in [6, 6.07) is 2.01. The van der Waals surface area contributed by atoms with E-state index in [1.54, 1.807) is 12.4 Å². The molecule has 0 radical (unpaired) electrons. The van der Waals surface area contributed by atoms with E-state index < -0.39 is 9.84 Å². The van der Waals surface area contributed by atoms with Crippen molar-refractivity contribution in [1.29, 1.82) is 0 Å². The molecule has 5 nitrogen and oxygen atoms in total. The van der Waals surface area contributed by atoms with E-state index in [0.29, 0.717) is 18.1 Å². The molecule has 1 aromatic rings. The van der Waals surface area contributed by atoms with Crippen LogP contribution in [0.4, 0.5) is 11.4 Å². The van der Waals surface area contributed by atoms with Crippen molar-refractivity contribution in [2.45, 2.75) is 19.8 Å². The fourth-order valence-electron chi connectivity index (χ4n) is 2.20. The second-order valence-electron chi connectivity index (χ2n) is 5.04. The average Bonchev–Trinajstić information content (AvgIpc) is 2.74. The molecule has 0 aromatic carbocycles. The number of pyridine rings is 1. The van der Waals surface area contributed by atoms with Crippen LogP contribution in [0.5, 0.6) is 0 Å². The highest BCUT2D eigenvalue weighted by molar-refractivity contribution is 7.91. The number of rotatable bonds is 6. The lowest BCUT2D eigenvalue weighted by atomic mass is 10.1. The topological polar surface area (TPSA) is 71.1 Å². The SMILES string of the molecule is CCCNc1cncc(NCC2CCS(=O)(=O)C2)c1. The van der Waals surface area contributed by atoms with Gasteiger partial charge in [-0.25, -0.2) is 8.42 Å². The molecule has 106 valence electrons. The van der Waals surface area contributed by atoms with Crippen LogP contribution >= 0.6 is 0 Å². The zero-order valence-electron chi connectivity index (χ0n) is 11.2. The van der Waals surface area contributed by atoms with E-state index in [0.717, 1.165) is 30.8 Å². The van der Waals surface area contributed by atoms with Crippen molar-refractivity contribution >= 4 is 21.2 Å². The van der Waals surface area contributed by atoms with Gasteiger partial charge in [-0.05, 0) is 24.8 Å². The minimum atomic E-state index is -2.79. The molecule has 2 heterocycles. The Bertz CT molecular complexity index is 516. The lowest BCUT2D eigenvalue weighted by molar-refractivity contribution is 0.596. The zero-order chi connectivity index (χ0) is 13.7. The predicted octanol–water partition coefficient (Wildman–Crippen LogP) is 1.75. The number of aromatic nitrogens is 1. The second-order valence-corrected chi connectivity index (χ2v) is 7.27. The number of nitrogens with zero attached hydrogens (tertiary/aromatic N) is 1. The molecule has 0 spiro atoms. The monoisotopic (exact) mass is 283 g/mol. The number of hydrogen-bond donors (Lipinski definition) is 2. The van der Waals surface area contributed by atoms with E-state index in [1.807, 2.05) is 6.07 Å². The predicted molar refractivity (Wildman–Crippen MR) is 78.3 cm³/mol. The third-order valence-corrected chi connectivity index (χ3v) is 5.08. The van der Waals surface area contributed by atoms with Gasteiger partial charge >= 0.3 is 0 Å². The van der Waals surface area contributed by atoms with Crippen LogP contribution < -0.4 is 10.6 Å². The van der Waals surface area contributed by atoms with E-state index in [1.165, 1.54) is 0 Å². The van der Waals surface area contributed by atoms with Crippen LogP contribution in [0.1, 0.15) is 19.8 Å². The molecule has 1 fully saturated rings. The van der Waals surface area contributed by atoms with Gasteiger partial charge in [-0.3, -0.25) is 4.98 Å². The molecule has 1 unspecified atom stereocenters. The van der Waals surface area contributed by atoms with Crippen LogP contribution in [0.15, 0.2) is 18.5 Å². The van der Waals surface area contributed by atoms with Crippen molar-refractivity contribution in [2.75, 3.05) is 35.2 Å². The third kappa shape index (κ3) is 4.38. The van der Waals surface area contributed by atoms with Crippen molar-refractivity contribution in [3.63, 3.8) is 0 Å². The summed E-state index contributed by atoms with van der Waals surface area (Å²) >= 11 is 0. The van der Waals surface area contributed by atoms with E-state index in [-0.39, 0.29) is 5.92 Å². The molecule has 0 amide bonds. The van der Waals surface area contributed by atoms with Gasteiger partial charge in [-0.1, -0.05) is 6.92 Å². The molecule has 19 heavy (non-hydrogen) atoms. The first kappa shape index (κ1) is 14.1. The van der Waals surface area contributed by atoms with Crippen LogP contribution in [0.25, 0.3) is 0 Å². The summed E-state index contributed by atoms with van der Waals surface area (Å²) in [7, 11) is -2.79. The van der Waals surface area contributed by atoms with Crippen LogP contribution in [0, 0.1) is 5.92 Å². The molecule has 0 bridgehead atoms. The first-order valence-corrected chi connectivity index (χ1v) is 8.54. The molecule has 2 rings (SSSR count). The Labute approximate surface area is 114 Å². The van der Waals surface area contributed by atoms with Crippen LogP contribution in [-0.4, -0.2) is 38.0 Å². The minimum absolute atomic E-state index is 0.220. The second kappa shape index (κ2) is 6.23. The molecule has 1 atom stereocenters. The molecule has 0 saturated carbocycles. The molecule has 6 heteroatoms. The Hall–Kier alpha value is -1.30. The third-order valence-electron chi connectivity index (χ3n) is 3.24. The van der Waals surface area contributed by atoms with Gasteiger partial charge in [0, 0.05) is 13.1 Å². The fourth-order valence-corrected chi connectivity index (χ4v) is 4.06. The van der Waals surface area contributed by atoms with E-state index in [4.69, 9.17) is 0 Å². The summed E-state index contributed by atoms with van der Waals surface area (Å²) in [5.41, 5.74) is 1.93. The van der Waals surface area contributed by atoms with Gasteiger partial charge in [-0.15, -0.1) is 0 Å². The molecule has 1 saturated heterocycles. The molecule has 1 aliphatic rings. The van der Waals surface area contributed by atoms with Crippen molar-refractivity contribution < 1.29 is 8.42 Å². The Morgan fingerprint density at radius 2 is 2.05 bits per heavy atom. The Morgan fingerprint density at radius 3 is 2.68 bits per heavy atom. The maximum atomic E-state index is 11.4. The van der Waals surface area contributed by atoms with Crippen LogP contribution in [0.2, 0.25) is 0 Å². The maximum Gasteiger partial charge on any atom is 0.150 e. The lowest BCUT2D eigenvalue weighted by Crippen LogP contribution is -2.15. The largest absolute Gasteiger partial charge is 0.384 e. The van der Waals surface area contributed by atoms with E-state index in [9.17, 15) is 8.42 Å². The molecule has 1 aromatic heterocycles. The Kier molecular flexibility index (Phi) is 4.63. The number of nitrogens with one attached hydrogen (secondary N) is 2. The van der Waals surface area contributed by atoms with Gasteiger partial charge < -0.3 is 10.6 Å². The standard InChI is InChI=1S/C13H21N3O2S/c1-2-4-15-12-6-13(9-14-8-12)16-7-11-3-5-19(17,18)10-11/h6,8-9,11,15-16H,2-5,7,10H2,1H3. The number of sulfone groups is 1. The minimum Gasteiger partial charge on any atom is -0.384 e. The number of anilines is 2. The van der Waals surface area contributed by atoms with Crippen molar-refractivity contribution in [1.82, 2.24) is 4.98 Å². The summed E-state index contributed by atoms with van der Waals surface area (Å²) in [5.74, 6) is 0.855. The van der Waals surface area contributed by atoms with Gasteiger partial charge in [0.25, 0.3) is 0 Å². The van der Waals surface area contributed by atoms with Gasteiger partial charge in [0.05, 0.1) is 35.3 Å². The fraction of sp³-hybridized carbons (Fsp3) is 0.615. The van der Waals surface area contributed by atoms with Crippen LogP contribution in [0.3, 0.4) is 0 Å². The quantitative estimate of drug-likeness (QED) is 0.832. The first-order valence-electron chi connectivity index (χ1n) is 6.72. The van der Waals surface area contributed by atoms with Crippen molar-refractivity contribution in [2.24, 2.45) is 5.92 Å². The van der Waals surface area contributed by atoms with Gasteiger partial charge in [0.1, 0.15) is 0 Å². The summed E-state index contributed by atoms with van der Waals surface area (Å²) < 4.78 is 22.7. The molecule has 1 aliphatic heterocycles. The van der Waals surface area contributed by atoms with Crippen LogP contribution in [-0.2, 0) is 9.84 Å². The Morgan fingerprint density at radius 1 is 1.32 bits per heavy atom. The normalized spacial score (nSPS) is 21.2. The van der Waals surface area contributed by atoms with Gasteiger partial charge in [0.15, 0.2) is 9.84 Å². The summed E-state index contributed by atoms with van der Waals surface area (Å²) in [6.45, 7) is 3.73. The lowest BCUT2D eigenvalue weighted by Gasteiger charge is -2.12. The Balaban J connectivity index is 1.86. The maximum absolute atomic E-state index is 11.4. The molecular weight excluding hydrogens is 262 g/mol.